The zero-order chi connectivity index (χ0) is 33.3. The minimum atomic E-state index is 0.599. The first-order valence-electron chi connectivity index (χ1n) is 22.2. The van der Waals surface area contributed by atoms with Gasteiger partial charge in [0, 0.05) is 23.7 Å². The van der Waals surface area contributed by atoms with Crippen LogP contribution < -0.4 is 0 Å². The van der Waals surface area contributed by atoms with Crippen molar-refractivity contribution < 1.29 is 9.47 Å². The molecule has 2 heterocycles. The van der Waals surface area contributed by atoms with E-state index in [4.69, 9.17) is 9.47 Å². The molecule has 0 amide bonds. The molecule has 0 spiro atoms. The third-order valence-corrected chi connectivity index (χ3v) is 13.0. The molecule has 2 nitrogen and oxygen atoms in total. The van der Waals surface area contributed by atoms with Crippen LogP contribution in [0.3, 0.4) is 0 Å². The van der Waals surface area contributed by atoms with Crippen LogP contribution in [-0.2, 0) is 9.47 Å². The van der Waals surface area contributed by atoms with Crippen LogP contribution >= 0.6 is 11.8 Å². The molecule has 2 fully saturated rings. The SMILES string of the molecule is CCCCCCC(CCCCCCCCCCCC1CCCO1)SC(CCCCCC)CCCCCCCCCCCC1CCCO1. The highest BCUT2D eigenvalue weighted by atomic mass is 32.2. The highest BCUT2D eigenvalue weighted by molar-refractivity contribution is 8.00. The third kappa shape index (κ3) is 26.7. The van der Waals surface area contributed by atoms with Crippen LogP contribution in [0.25, 0.3) is 0 Å². The van der Waals surface area contributed by atoms with E-state index in [1.54, 1.807) is 0 Å². The Morgan fingerprint density at radius 2 is 0.702 bits per heavy atom. The fraction of sp³-hybridized carbons (Fsp3) is 1.00. The van der Waals surface area contributed by atoms with Crippen molar-refractivity contribution in [2.45, 2.75) is 268 Å². The molecule has 0 aliphatic carbocycles. The molecule has 47 heavy (non-hydrogen) atoms. The Morgan fingerprint density at radius 3 is 1.00 bits per heavy atom. The third-order valence-electron chi connectivity index (χ3n) is 11.3. The van der Waals surface area contributed by atoms with Crippen LogP contribution in [0.4, 0.5) is 0 Å². The lowest BCUT2D eigenvalue weighted by atomic mass is 10.0. The van der Waals surface area contributed by atoms with E-state index in [1.165, 1.54) is 231 Å². The molecular weight excluding hydrogens is 593 g/mol. The highest BCUT2D eigenvalue weighted by Crippen LogP contribution is 2.33. The van der Waals surface area contributed by atoms with E-state index in [1.807, 2.05) is 0 Å². The molecule has 0 saturated carbocycles. The summed E-state index contributed by atoms with van der Waals surface area (Å²) in [6.07, 6.45) is 52.5. The minimum Gasteiger partial charge on any atom is -0.378 e. The fourth-order valence-corrected chi connectivity index (χ4v) is 9.89. The van der Waals surface area contributed by atoms with Crippen LogP contribution in [0.15, 0.2) is 0 Å². The van der Waals surface area contributed by atoms with Crippen molar-refractivity contribution in [2.75, 3.05) is 13.2 Å². The molecule has 2 aliphatic heterocycles. The van der Waals surface area contributed by atoms with Gasteiger partial charge in [-0.15, -0.1) is 0 Å². The van der Waals surface area contributed by atoms with Crippen molar-refractivity contribution in [2.24, 2.45) is 0 Å². The van der Waals surface area contributed by atoms with Crippen LogP contribution in [0, 0.1) is 0 Å². The average Bonchev–Trinajstić information content (AvgIpc) is 3.81. The number of thioether (sulfide) groups is 1. The van der Waals surface area contributed by atoms with E-state index in [0.29, 0.717) is 12.2 Å². The second-order valence-corrected chi connectivity index (χ2v) is 17.5. The van der Waals surface area contributed by atoms with E-state index in [2.05, 4.69) is 25.6 Å². The monoisotopic (exact) mass is 679 g/mol. The summed E-state index contributed by atoms with van der Waals surface area (Å²) in [4.78, 5) is 0. The maximum atomic E-state index is 5.78. The van der Waals surface area contributed by atoms with Gasteiger partial charge in [0.05, 0.1) is 12.2 Å². The standard InChI is InChI=1S/C44H86O2S/c1-3-5-7-25-35-43(37-27-21-17-13-9-11-15-19-23-31-41-33-29-39-45-41)47-44(36-26-8-6-4-2)38-28-22-18-14-10-12-16-20-24-32-42-34-30-40-46-42/h41-44H,3-40H2,1-2H3. The van der Waals surface area contributed by atoms with Gasteiger partial charge in [0.2, 0.25) is 0 Å². The zero-order valence-electron chi connectivity index (χ0n) is 32.4. The van der Waals surface area contributed by atoms with Crippen molar-refractivity contribution in [3.8, 4) is 0 Å². The summed E-state index contributed by atoms with van der Waals surface area (Å²) < 4.78 is 11.6. The van der Waals surface area contributed by atoms with Crippen LogP contribution in [0.2, 0.25) is 0 Å². The summed E-state index contributed by atoms with van der Waals surface area (Å²) in [6, 6.07) is 0. The molecule has 4 unspecified atom stereocenters. The van der Waals surface area contributed by atoms with E-state index < -0.39 is 0 Å². The molecule has 0 aromatic heterocycles. The maximum absolute atomic E-state index is 5.78. The zero-order valence-corrected chi connectivity index (χ0v) is 33.2. The predicted molar refractivity (Wildman–Crippen MR) is 212 cm³/mol. The summed E-state index contributed by atoms with van der Waals surface area (Å²) in [5, 5.41) is 1.85. The Kier molecular flexibility index (Phi) is 30.9. The Labute approximate surface area is 301 Å². The quantitative estimate of drug-likeness (QED) is 0.0615. The Bertz CT molecular complexity index is 562. The number of hydrogen-bond acceptors (Lipinski definition) is 3. The number of unbranched alkanes of at least 4 members (excludes halogenated alkanes) is 22. The maximum Gasteiger partial charge on any atom is 0.0576 e. The minimum absolute atomic E-state index is 0.599. The van der Waals surface area contributed by atoms with Gasteiger partial charge in [0.15, 0.2) is 0 Å². The number of hydrogen-bond donors (Lipinski definition) is 0. The Morgan fingerprint density at radius 1 is 0.404 bits per heavy atom. The first kappa shape index (κ1) is 43.4. The molecule has 2 saturated heterocycles. The van der Waals surface area contributed by atoms with Crippen molar-refractivity contribution in [3.63, 3.8) is 0 Å². The van der Waals surface area contributed by atoms with Gasteiger partial charge in [0.1, 0.15) is 0 Å². The van der Waals surface area contributed by atoms with E-state index in [0.717, 1.165) is 23.7 Å². The molecule has 280 valence electrons. The lowest BCUT2D eigenvalue weighted by Crippen LogP contribution is -2.12. The summed E-state index contributed by atoms with van der Waals surface area (Å²) in [5.41, 5.74) is 0. The Balaban J connectivity index is 1.55. The van der Waals surface area contributed by atoms with Gasteiger partial charge in [-0.2, -0.15) is 11.8 Å². The van der Waals surface area contributed by atoms with Crippen LogP contribution in [-0.4, -0.2) is 35.9 Å². The van der Waals surface area contributed by atoms with E-state index >= 15 is 0 Å². The van der Waals surface area contributed by atoms with Crippen LogP contribution in [0.5, 0.6) is 0 Å². The molecule has 2 aliphatic rings. The van der Waals surface area contributed by atoms with Gasteiger partial charge in [-0.25, -0.2) is 0 Å². The normalized spacial score (nSPS) is 19.5. The summed E-state index contributed by atoms with van der Waals surface area (Å²) in [6.45, 7) is 6.75. The van der Waals surface area contributed by atoms with Crippen molar-refractivity contribution in [1.82, 2.24) is 0 Å². The lowest BCUT2D eigenvalue weighted by Gasteiger charge is -2.24. The lowest BCUT2D eigenvalue weighted by molar-refractivity contribution is 0.102. The molecule has 0 bridgehead atoms. The van der Waals surface area contributed by atoms with Gasteiger partial charge in [0.25, 0.3) is 0 Å². The molecule has 0 radical (unpaired) electrons. The number of ether oxygens (including phenoxy) is 2. The second-order valence-electron chi connectivity index (χ2n) is 15.9. The molecule has 2 rings (SSSR count). The molecular formula is C44H86O2S. The van der Waals surface area contributed by atoms with Crippen LogP contribution in [0.1, 0.15) is 245 Å². The smallest absolute Gasteiger partial charge is 0.0576 e. The summed E-state index contributed by atoms with van der Waals surface area (Å²) in [7, 11) is 0. The van der Waals surface area contributed by atoms with Crippen molar-refractivity contribution in [3.05, 3.63) is 0 Å². The molecule has 0 aromatic rings. The van der Waals surface area contributed by atoms with Gasteiger partial charge < -0.3 is 9.47 Å². The molecule has 0 aromatic carbocycles. The fourth-order valence-electron chi connectivity index (χ4n) is 8.14. The van der Waals surface area contributed by atoms with Gasteiger partial charge in [-0.05, 0) is 64.2 Å². The van der Waals surface area contributed by atoms with Gasteiger partial charge >= 0.3 is 0 Å². The summed E-state index contributed by atoms with van der Waals surface area (Å²) >= 11 is 2.47. The molecule has 4 atom stereocenters. The van der Waals surface area contributed by atoms with Crippen molar-refractivity contribution in [1.29, 1.82) is 0 Å². The average molecular weight is 679 g/mol. The first-order valence-corrected chi connectivity index (χ1v) is 23.1. The largest absolute Gasteiger partial charge is 0.378 e. The first-order chi connectivity index (χ1) is 23.3. The summed E-state index contributed by atoms with van der Waals surface area (Å²) in [5.74, 6) is 0. The van der Waals surface area contributed by atoms with Crippen molar-refractivity contribution >= 4 is 11.8 Å². The molecule has 3 heteroatoms. The Hall–Kier alpha value is 0.270. The van der Waals surface area contributed by atoms with Gasteiger partial charge in [-0.1, -0.05) is 181 Å². The molecule has 0 N–H and O–H groups in total. The predicted octanol–water partition coefficient (Wildman–Crippen LogP) is 15.3. The number of rotatable bonds is 36. The van der Waals surface area contributed by atoms with E-state index in [9.17, 15) is 0 Å². The second kappa shape index (κ2) is 33.4. The van der Waals surface area contributed by atoms with E-state index in [-0.39, 0.29) is 0 Å². The van der Waals surface area contributed by atoms with Gasteiger partial charge in [-0.3, -0.25) is 0 Å². The topological polar surface area (TPSA) is 18.5 Å². The highest BCUT2D eigenvalue weighted by Gasteiger charge is 2.18.